The Morgan fingerprint density at radius 2 is 0.470 bits per heavy atom. The van der Waals surface area contributed by atoms with Crippen LogP contribution in [0.5, 0.6) is 0 Å². The third-order valence-electron chi connectivity index (χ3n) is 15.0. The first-order chi connectivity index (χ1) is 41.0. The van der Waals surface area contributed by atoms with Gasteiger partial charge >= 0.3 is 17.9 Å². The van der Waals surface area contributed by atoms with E-state index in [1.54, 1.807) is 0 Å². The summed E-state index contributed by atoms with van der Waals surface area (Å²) in [5.41, 5.74) is 0. The number of ether oxygens (including phenoxy) is 3. The number of rotatable bonds is 63. The Hall–Kier alpha value is -4.19. The monoisotopic (exact) mass is 1150 g/mol. The number of hydrogen-bond acceptors (Lipinski definition) is 6. The minimum absolute atomic E-state index is 0.0886. The molecule has 6 heteroatoms. The first kappa shape index (κ1) is 78.8. The van der Waals surface area contributed by atoms with Crippen molar-refractivity contribution in [2.45, 2.75) is 335 Å². The maximum absolute atomic E-state index is 12.9. The fourth-order valence-electron chi connectivity index (χ4n) is 9.73. The molecule has 0 aliphatic carbocycles. The van der Waals surface area contributed by atoms with Gasteiger partial charge in [-0.25, -0.2) is 0 Å². The Morgan fingerprint density at radius 1 is 0.253 bits per heavy atom. The van der Waals surface area contributed by atoms with Gasteiger partial charge in [0.05, 0.1) is 0 Å². The molecule has 0 fully saturated rings. The quantitative estimate of drug-likeness (QED) is 0.0261. The minimum atomic E-state index is -0.797. The Balaban J connectivity index is 4.42. The topological polar surface area (TPSA) is 78.9 Å². The lowest BCUT2D eigenvalue weighted by atomic mass is 10.0. The average Bonchev–Trinajstić information content (AvgIpc) is 3.49. The van der Waals surface area contributed by atoms with Crippen molar-refractivity contribution in [1.29, 1.82) is 0 Å². The van der Waals surface area contributed by atoms with E-state index in [1.807, 2.05) is 0 Å². The maximum atomic E-state index is 12.9. The smallest absolute Gasteiger partial charge is 0.306 e. The van der Waals surface area contributed by atoms with E-state index < -0.39 is 6.10 Å². The van der Waals surface area contributed by atoms with Crippen LogP contribution in [0.15, 0.2) is 122 Å². The molecule has 0 aliphatic heterocycles. The lowest BCUT2D eigenvalue weighted by molar-refractivity contribution is -0.167. The molecule has 0 radical (unpaired) electrons. The second kappa shape index (κ2) is 70.3. The minimum Gasteiger partial charge on any atom is -0.462 e. The molecule has 1 unspecified atom stereocenters. The number of allylic oxidation sites excluding steroid dienone is 20. The maximum Gasteiger partial charge on any atom is 0.306 e. The van der Waals surface area contributed by atoms with Gasteiger partial charge in [0.25, 0.3) is 0 Å². The van der Waals surface area contributed by atoms with Crippen molar-refractivity contribution in [3.05, 3.63) is 122 Å². The summed E-state index contributed by atoms with van der Waals surface area (Å²) in [6.07, 6.45) is 97.8. The van der Waals surface area contributed by atoms with Gasteiger partial charge in [-0.2, -0.15) is 0 Å². The fraction of sp³-hybridized carbons (Fsp3) is 0.701. The van der Waals surface area contributed by atoms with Crippen LogP contribution >= 0.6 is 0 Å². The second-order valence-electron chi connectivity index (χ2n) is 23.1. The van der Waals surface area contributed by atoms with Gasteiger partial charge in [-0.05, 0) is 116 Å². The third kappa shape index (κ3) is 68.5. The van der Waals surface area contributed by atoms with Crippen LogP contribution in [0.2, 0.25) is 0 Å². The summed E-state index contributed by atoms with van der Waals surface area (Å²) < 4.78 is 17.0. The van der Waals surface area contributed by atoms with Crippen molar-refractivity contribution < 1.29 is 28.6 Å². The molecular formula is C77H130O6. The molecule has 474 valence electrons. The molecule has 6 nitrogen and oxygen atoms in total. The van der Waals surface area contributed by atoms with E-state index in [1.165, 1.54) is 154 Å². The van der Waals surface area contributed by atoms with E-state index in [2.05, 4.69) is 142 Å². The molecule has 0 saturated heterocycles. The molecule has 0 heterocycles. The molecular weight excluding hydrogens is 1020 g/mol. The molecule has 0 N–H and O–H groups in total. The first-order valence-electron chi connectivity index (χ1n) is 35.0. The summed E-state index contributed by atoms with van der Waals surface area (Å²) in [4.78, 5) is 38.5. The molecule has 0 aromatic heterocycles. The number of hydrogen-bond donors (Lipinski definition) is 0. The average molecular weight is 1150 g/mol. The van der Waals surface area contributed by atoms with Gasteiger partial charge in [0.1, 0.15) is 13.2 Å². The van der Waals surface area contributed by atoms with Crippen LogP contribution in [-0.2, 0) is 28.6 Å². The Kier molecular flexibility index (Phi) is 66.7. The molecule has 0 rings (SSSR count). The van der Waals surface area contributed by atoms with Crippen LogP contribution in [0.25, 0.3) is 0 Å². The van der Waals surface area contributed by atoms with Crippen LogP contribution in [0.4, 0.5) is 0 Å². The molecule has 0 aromatic rings. The van der Waals surface area contributed by atoms with E-state index in [9.17, 15) is 14.4 Å². The first-order valence-corrected chi connectivity index (χ1v) is 35.0. The lowest BCUT2D eigenvalue weighted by Gasteiger charge is -2.18. The van der Waals surface area contributed by atoms with Crippen LogP contribution in [-0.4, -0.2) is 37.2 Å². The zero-order valence-corrected chi connectivity index (χ0v) is 54.4. The number of esters is 3. The van der Waals surface area contributed by atoms with Crippen molar-refractivity contribution in [3.8, 4) is 0 Å². The van der Waals surface area contributed by atoms with Crippen LogP contribution in [0.3, 0.4) is 0 Å². The SMILES string of the molecule is CC/C=C\C/C=C\C/C=C\C/C=C\C/C=C\C/C=C\C/C=C\C/C=C\CCCCCCC(=O)OCC(COC(=O)CCCCCCCCCCCCCCCCCCCC)OC(=O)CCCCCCCCC/C=C\C/C=C\CCCCCC. The zero-order valence-electron chi connectivity index (χ0n) is 54.4. The lowest BCUT2D eigenvalue weighted by Crippen LogP contribution is -2.30. The highest BCUT2D eigenvalue weighted by Gasteiger charge is 2.19. The normalized spacial score (nSPS) is 12.9. The fourth-order valence-corrected chi connectivity index (χ4v) is 9.73. The van der Waals surface area contributed by atoms with Crippen LogP contribution in [0.1, 0.15) is 329 Å². The molecule has 0 spiro atoms. The molecule has 0 aliphatic rings. The molecule has 0 saturated carbocycles. The summed E-state index contributed by atoms with van der Waals surface area (Å²) in [6.45, 7) is 6.52. The van der Waals surface area contributed by atoms with E-state index in [0.29, 0.717) is 19.3 Å². The molecule has 83 heavy (non-hydrogen) atoms. The summed E-state index contributed by atoms with van der Waals surface area (Å²) >= 11 is 0. The highest BCUT2D eigenvalue weighted by molar-refractivity contribution is 5.71. The second-order valence-corrected chi connectivity index (χ2v) is 23.1. The van der Waals surface area contributed by atoms with E-state index in [0.717, 1.165) is 135 Å². The highest BCUT2D eigenvalue weighted by Crippen LogP contribution is 2.17. The van der Waals surface area contributed by atoms with Crippen LogP contribution in [0, 0.1) is 0 Å². The largest absolute Gasteiger partial charge is 0.462 e. The number of carbonyl (C=O) groups excluding carboxylic acids is 3. The highest BCUT2D eigenvalue weighted by atomic mass is 16.6. The number of unbranched alkanes of at least 4 members (excludes halogenated alkanes) is 32. The van der Waals surface area contributed by atoms with Gasteiger partial charge in [-0.1, -0.05) is 316 Å². The summed E-state index contributed by atoms with van der Waals surface area (Å²) in [7, 11) is 0. The predicted molar refractivity (Wildman–Crippen MR) is 362 cm³/mol. The van der Waals surface area contributed by atoms with E-state index in [-0.39, 0.29) is 31.1 Å². The van der Waals surface area contributed by atoms with Crippen molar-refractivity contribution in [2.75, 3.05) is 13.2 Å². The van der Waals surface area contributed by atoms with Crippen molar-refractivity contribution >= 4 is 17.9 Å². The Labute approximate surface area is 513 Å². The molecule has 0 amide bonds. The van der Waals surface area contributed by atoms with Gasteiger partial charge in [0, 0.05) is 19.3 Å². The Bertz CT molecular complexity index is 1700. The summed E-state index contributed by atoms with van der Waals surface area (Å²) in [5.74, 6) is -0.910. The number of carbonyl (C=O) groups is 3. The summed E-state index contributed by atoms with van der Waals surface area (Å²) in [5, 5.41) is 0. The summed E-state index contributed by atoms with van der Waals surface area (Å²) in [6, 6.07) is 0. The van der Waals surface area contributed by atoms with Crippen molar-refractivity contribution in [2.24, 2.45) is 0 Å². The van der Waals surface area contributed by atoms with Crippen molar-refractivity contribution in [1.82, 2.24) is 0 Å². The molecule has 0 aromatic carbocycles. The molecule has 1 atom stereocenters. The predicted octanol–water partition coefficient (Wildman–Crippen LogP) is 24.3. The van der Waals surface area contributed by atoms with Crippen molar-refractivity contribution in [3.63, 3.8) is 0 Å². The van der Waals surface area contributed by atoms with Gasteiger partial charge < -0.3 is 14.2 Å². The third-order valence-corrected chi connectivity index (χ3v) is 15.0. The van der Waals surface area contributed by atoms with Gasteiger partial charge in [-0.15, -0.1) is 0 Å². The van der Waals surface area contributed by atoms with Gasteiger partial charge in [0.15, 0.2) is 6.10 Å². The van der Waals surface area contributed by atoms with E-state index >= 15 is 0 Å². The Morgan fingerprint density at radius 3 is 0.747 bits per heavy atom. The van der Waals surface area contributed by atoms with Crippen LogP contribution < -0.4 is 0 Å². The standard InChI is InChI=1S/C77H130O6/c1-4-7-10-13-16-19-22-25-28-31-34-35-36-37-38-39-40-41-42-43-44-47-49-52-55-58-61-64-67-70-76(79)82-73-74(83-77(80)71-68-65-62-59-56-53-50-46-33-30-27-24-21-18-15-12-9-6-3)72-81-75(78)69-66-63-60-57-54-51-48-45-32-29-26-23-20-17-14-11-8-5-2/h7,10,16,19,21,24-25,28,30,33-35,37-38,40-41,43-44,49,52,74H,4-6,8-9,11-15,17-18,20,22-23,26-27,29,31-32,36,39,42,45-48,50-51,53-73H2,1-3H3/b10-7-,19-16-,24-21-,28-25-,33-30-,35-34-,38-37-,41-40-,44-43-,52-49-. The van der Waals surface area contributed by atoms with Gasteiger partial charge in [0.2, 0.25) is 0 Å². The molecule has 0 bridgehead atoms. The zero-order chi connectivity index (χ0) is 59.9. The van der Waals surface area contributed by atoms with E-state index in [4.69, 9.17) is 14.2 Å². The van der Waals surface area contributed by atoms with Gasteiger partial charge in [-0.3, -0.25) is 14.4 Å².